The molecule has 0 aromatic heterocycles. The van der Waals surface area contributed by atoms with Crippen molar-refractivity contribution in [3.63, 3.8) is 0 Å². The molecule has 1 aliphatic rings. The van der Waals surface area contributed by atoms with Crippen molar-refractivity contribution in [2.45, 2.75) is 26.1 Å². The maximum absolute atomic E-state index is 12.4. The molecule has 108 valence electrons. The number of hydrogen-bond donors (Lipinski definition) is 0. The lowest BCUT2D eigenvalue weighted by Gasteiger charge is -2.35. The van der Waals surface area contributed by atoms with Gasteiger partial charge in [-0.3, -0.25) is 14.9 Å². The lowest BCUT2D eigenvalue weighted by molar-refractivity contribution is -0.384. The van der Waals surface area contributed by atoms with E-state index in [1.54, 1.807) is 4.90 Å². The summed E-state index contributed by atoms with van der Waals surface area (Å²) in [6.45, 7) is 4.65. The third kappa shape index (κ3) is 2.91. The summed E-state index contributed by atoms with van der Waals surface area (Å²) in [7, 11) is 0. The molecule has 1 aromatic carbocycles. The number of morpholine rings is 1. The third-order valence-electron chi connectivity index (χ3n) is 3.11. The first-order chi connectivity index (χ1) is 9.40. The minimum absolute atomic E-state index is 0.0693. The van der Waals surface area contributed by atoms with E-state index in [1.165, 1.54) is 18.2 Å². The summed E-state index contributed by atoms with van der Waals surface area (Å²) >= 11 is 5.97. The average molecular weight is 299 g/mol. The van der Waals surface area contributed by atoms with Gasteiger partial charge in [-0.25, -0.2) is 0 Å². The molecule has 2 atom stereocenters. The Morgan fingerprint density at radius 1 is 1.40 bits per heavy atom. The van der Waals surface area contributed by atoms with E-state index in [0.29, 0.717) is 13.1 Å². The molecule has 1 aliphatic heterocycles. The maximum Gasteiger partial charge on any atom is 0.288 e. The van der Waals surface area contributed by atoms with Gasteiger partial charge in [0, 0.05) is 19.2 Å². The average Bonchev–Trinajstić information content (AvgIpc) is 2.36. The normalized spacial score (nSPS) is 22.6. The number of nitrogens with zero attached hydrogens (tertiary/aromatic N) is 2. The van der Waals surface area contributed by atoms with Gasteiger partial charge in [0.05, 0.1) is 22.7 Å². The summed E-state index contributed by atoms with van der Waals surface area (Å²) in [6, 6.07) is 4.25. The standard InChI is InChI=1S/C13H15ClN2O4/c1-8-6-15(7-9(2)20-8)13(17)10-4-3-5-11(12(10)14)16(18)19/h3-5,8-9H,6-7H2,1-2H3. The van der Waals surface area contributed by atoms with Gasteiger partial charge in [-0.15, -0.1) is 0 Å². The molecular formula is C13H15ClN2O4. The molecular weight excluding hydrogens is 284 g/mol. The number of benzene rings is 1. The zero-order chi connectivity index (χ0) is 14.9. The Morgan fingerprint density at radius 3 is 2.55 bits per heavy atom. The van der Waals surface area contributed by atoms with Crippen LogP contribution in [0.15, 0.2) is 18.2 Å². The van der Waals surface area contributed by atoms with Crippen LogP contribution in [0, 0.1) is 10.1 Å². The second kappa shape index (κ2) is 5.76. The molecule has 2 rings (SSSR count). The van der Waals surface area contributed by atoms with Crippen molar-refractivity contribution in [1.82, 2.24) is 4.90 Å². The predicted octanol–water partition coefficient (Wildman–Crippen LogP) is 2.50. The molecule has 0 bridgehead atoms. The van der Waals surface area contributed by atoms with Crippen LogP contribution < -0.4 is 0 Å². The highest BCUT2D eigenvalue weighted by molar-refractivity contribution is 6.35. The van der Waals surface area contributed by atoms with E-state index in [-0.39, 0.29) is 34.4 Å². The highest BCUT2D eigenvalue weighted by Gasteiger charge is 2.29. The van der Waals surface area contributed by atoms with Gasteiger partial charge >= 0.3 is 0 Å². The number of amides is 1. The Hall–Kier alpha value is -1.66. The molecule has 0 aliphatic carbocycles. The van der Waals surface area contributed by atoms with Crippen molar-refractivity contribution in [2.75, 3.05) is 13.1 Å². The van der Waals surface area contributed by atoms with Crippen molar-refractivity contribution in [1.29, 1.82) is 0 Å². The summed E-state index contributed by atoms with van der Waals surface area (Å²) < 4.78 is 5.56. The van der Waals surface area contributed by atoms with Gasteiger partial charge in [-0.1, -0.05) is 17.7 Å². The Bertz CT molecular complexity index is 539. The van der Waals surface area contributed by atoms with Crippen molar-refractivity contribution in [2.24, 2.45) is 0 Å². The molecule has 2 unspecified atom stereocenters. The minimum Gasteiger partial charge on any atom is -0.372 e. The minimum atomic E-state index is -0.594. The van der Waals surface area contributed by atoms with Crippen LogP contribution in [0.25, 0.3) is 0 Å². The molecule has 20 heavy (non-hydrogen) atoms. The zero-order valence-corrected chi connectivity index (χ0v) is 12.0. The number of rotatable bonds is 2. The van der Waals surface area contributed by atoms with Gasteiger partial charge in [0.15, 0.2) is 0 Å². The van der Waals surface area contributed by atoms with Gasteiger partial charge in [-0.2, -0.15) is 0 Å². The number of ether oxygens (including phenoxy) is 1. The molecule has 1 heterocycles. The Morgan fingerprint density at radius 2 is 2.00 bits per heavy atom. The second-order valence-electron chi connectivity index (χ2n) is 4.86. The first kappa shape index (κ1) is 14.7. The van der Waals surface area contributed by atoms with Crippen LogP contribution in [-0.2, 0) is 4.74 Å². The summed E-state index contributed by atoms with van der Waals surface area (Å²) in [5, 5.41) is 10.7. The lowest BCUT2D eigenvalue weighted by Crippen LogP contribution is -2.48. The molecule has 0 spiro atoms. The largest absolute Gasteiger partial charge is 0.372 e. The lowest BCUT2D eigenvalue weighted by atomic mass is 10.1. The van der Waals surface area contributed by atoms with Gasteiger partial charge in [-0.05, 0) is 19.9 Å². The van der Waals surface area contributed by atoms with E-state index >= 15 is 0 Å². The van der Waals surface area contributed by atoms with Crippen molar-refractivity contribution < 1.29 is 14.5 Å². The maximum atomic E-state index is 12.4. The van der Waals surface area contributed by atoms with E-state index < -0.39 is 4.92 Å². The van der Waals surface area contributed by atoms with Crippen LogP contribution in [0.5, 0.6) is 0 Å². The number of hydrogen-bond acceptors (Lipinski definition) is 4. The Balaban J connectivity index is 2.29. The Kier molecular flexibility index (Phi) is 4.25. The van der Waals surface area contributed by atoms with E-state index in [1.807, 2.05) is 13.8 Å². The number of carbonyl (C=O) groups is 1. The second-order valence-corrected chi connectivity index (χ2v) is 5.24. The Labute approximate surface area is 121 Å². The van der Waals surface area contributed by atoms with Gasteiger partial charge < -0.3 is 9.64 Å². The molecule has 6 nitrogen and oxygen atoms in total. The fourth-order valence-corrected chi connectivity index (χ4v) is 2.62. The topological polar surface area (TPSA) is 72.7 Å². The number of nitro benzene ring substituents is 1. The SMILES string of the molecule is CC1CN(C(=O)c2cccc([N+](=O)[O-])c2Cl)CC(C)O1. The van der Waals surface area contributed by atoms with Crippen LogP contribution in [0.1, 0.15) is 24.2 Å². The highest BCUT2D eigenvalue weighted by Crippen LogP contribution is 2.29. The molecule has 7 heteroatoms. The summed E-state index contributed by atoms with van der Waals surface area (Å²) in [4.78, 5) is 24.3. The monoisotopic (exact) mass is 298 g/mol. The third-order valence-corrected chi connectivity index (χ3v) is 3.51. The van der Waals surface area contributed by atoms with Crippen LogP contribution in [0.3, 0.4) is 0 Å². The summed E-state index contributed by atoms with van der Waals surface area (Å²) in [6.07, 6.45) is -0.139. The molecule has 0 N–H and O–H groups in total. The number of halogens is 1. The smallest absolute Gasteiger partial charge is 0.288 e. The number of carbonyl (C=O) groups excluding carboxylic acids is 1. The van der Waals surface area contributed by atoms with Crippen molar-refractivity contribution in [3.05, 3.63) is 38.9 Å². The van der Waals surface area contributed by atoms with Crippen LogP contribution >= 0.6 is 11.6 Å². The van der Waals surface area contributed by atoms with Crippen LogP contribution in [0.4, 0.5) is 5.69 Å². The van der Waals surface area contributed by atoms with Crippen LogP contribution in [0.2, 0.25) is 5.02 Å². The molecule has 1 saturated heterocycles. The van der Waals surface area contributed by atoms with Crippen LogP contribution in [-0.4, -0.2) is 41.0 Å². The molecule has 1 fully saturated rings. The van der Waals surface area contributed by atoms with E-state index in [4.69, 9.17) is 16.3 Å². The number of nitro groups is 1. The fraction of sp³-hybridized carbons (Fsp3) is 0.462. The van der Waals surface area contributed by atoms with Crippen molar-refractivity contribution >= 4 is 23.2 Å². The van der Waals surface area contributed by atoms with E-state index in [9.17, 15) is 14.9 Å². The van der Waals surface area contributed by atoms with Crippen molar-refractivity contribution in [3.8, 4) is 0 Å². The predicted molar refractivity (Wildman–Crippen MR) is 74.0 cm³/mol. The van der Waals surface area contributed by atoms with Gasteiger partial charge in [0.25, 0.3) is 11.6 Å². The molecule has 0 saturated carbocycles. The quantitative estimate of drug-likeness (QED) is 0.621. The molecule has 1 aromatic rings. The first-order valence-electron chi connectivity index (χ1n) is 6.27. The summed E-state index contributed by atoms with van der Waals surface area (Å²) in [5.41, 5.74) is -0.103. The first-order valence-corrected chi connectivity index (χ1v) is 6.65. The fourth-order valence-electron chi connectivity index (χ4n) is 2.34. The molecule has 0 radical (unpaired) electrons. The van der Waals surface area contributed by atoms with Gasteiger partial charge in [0.1, 0.15) is 5.02 Å². The van der Waals surface area contributed by atoms with E-state index in [2.05, 4.69) is 0 Å². The van der Waals surface area contributed by atoms with E-state index in [0.717, 1.165) is 0 Å². The summed E-state index contributed by atoms with van der Waals surface area (Å²) in [5.74, 6) is -0.305. The molecule has 1 amide bonds. The highest BCUT2D eigenvalue weighted by atomic mass is 35.5. The zero-order valence-electron chi connectivity index (χ0n) is 11.2. The van der Waals surface area contributed by atoms with Gasteiger partial charge in [0.2, 0.25) is 0 Å².